The van der Waals surface area contributed by atoms with Gasteiger partial charge in [0, 0.05) is 30.0 Å². The highest BCUT2D eigenvalue weighted by atomic mass is 31.1. The van der Waals surface area contributed by atoms with Gasteiger partial charge in [-0.2, -0.15) is 0 Å². The van der Waals surface area contributed by atoms with Crippen LogP contribution in [-0.4, -0.2) is 47.1 Å². The lowest BCUT2D eigenvalue weighted by molar-refractivity contribution is -0.146. The van der Waals surface area contributed by atoms with Crippen LogP contribution in [0.15, 0.2) is 103 Å². The summed E-state index contributed by atoms with van der Waals surface area (Å²) >= 11 is 0. The molecule has 9 nitrogen and oxygen atoms in total. The monoisotopic (exact) mass is 862 g/mol. The number of benzene rings is 6. The molecule has 6 aromatic rings. The van der Waals surface area contributed by atoms with E-state index in [2.05, 4.69) is 0 Å². The number of methoxy groups -OCH3 is 3. The second-order valence-electron chi connectivity index (χ2n) is 13.8. The van der Waals surface area contributed by atoms with E-state index in [9.17, 15) is 4.39 Å². The minimum atomic E-state index is -3.79. The molecule has 1 aliphatic heterocycles. The molecule has 0 radical (unpaired) electrons. The Labute approximate surface area is 349 Å². The van der Waals surface area contributed by atoms with Gasteiger partial charge in [0.05, 0.1) is 43.9 Å². The molecule has 0 amide bonds. The van der Waals surface area contributed by atoms with Gasteiger partial charge in [-0.25, -0.2) is 22.0 Å². The summed E-state index contributed by atoms with van der Waals surface area (Å²) in [4.78, 5) is 0. The van der Waals surface area contributed by atoms with Crippen molar-refractivity contribution in [2.75, 3.05) is 41.3 Å². The number of hydrogen-bond donors (Lipinski definition) is 0. The summed E-state index contributed by atoms with van der Waals surface area (Å²) in [6.07, 6.45) is 0.0121. The summed E-state index contributed by atoms with van der Waals surface area (Å²) in [5.74, 6) is -11.8. The summed E-state index contributed by atoms with van der Waals surface area (Å²) in [6.45, 7) is 1.65. The van der Waals surface area contributed by atoms with Gasteiger partial charge >= 0.3 is 0 Å². The second-order valence-corrected chi connectivity index (χ2v) is 15.5. The number of aryl methyl sites for hydroxylation is 1. The first-order valence-electron chi connectivity index (χ1n) is 19.0. The lowest BCUT2D eigenvalue weighted by atomic mass is 9.90. The van der Waals surface area contributed by atoms with Crippen LogP contribution >= 0.6 is 7.80 Å². The van der Waals surface area contributed by atoms with Crippen LogP contribution in [0.5, 0.6) is 40.2 Å². The summed E-state index contributed by atoms with van der Waals surface area (Å²) in [5, 5.41) is -0.410. The smallest absolute Gasteiger partial charge is 0.200 e. The fraction of sp³-hybridized carbons (Fsp3) is 0.217. The number of para-hydroxylation sites is 2. The van der Waals surface area contributed by atoms with Crippen molar-refractivity contribution >= 4 is 18.4 Å². The maximum Gasteiger partial charge on any atom is 0.200 e. The van der Waals surface area contributed by atoms with Gasteiger partial charge in [-0.05, 0) is 73.5 Å². The summed E-state index contributed by atoms with van der Waals surface area (Å²) in [7, 11) is 0.227. The summed E-state index contributed by atoms with van der Waals surface area (Å²) in [5.41, 5.74) is -1.79. The average molecular weight is 863 g/mol. The lowest BCUT2D eigenvalue weighted by Crippen LogP contribution is -2.28. The molecule has 6 aromatic carbocycles. The van der Waals surface area contributed by atoms with Crippen LogP contribution < -0.4 is 34.3 Å². The van der Waals surface area contributed by atoms with Crippen molar-refractivity contribution < 1.29 is 64.4 Å². The zero-order chi connectivity index (χ0) is 43.3. The SMILES string of the molecule is COCOc1c(-c2c(OC)cccc2OC)cc(CCC2(C)OCCO2)c([PH](=O)c2c(Oc3ccccc3)cccc2Oc2ccccc2)c1-c1c(F)c(F)c(F)c(F)c1F. The molecular formula is C46H40F5O9P. The predicted molar refractivity (Wildman–Crippen MR) is 219 cm³/mol. The summed E-state index contributed by atoms with van der Waals surface area (Å²) < 4.78 is 142. The Morgan fingerprint density at radius 2 is 1.10 bits per heavy atom. The van der Waals surface area contributed by atoms with Crippen LogP contribution in [-0.2, 0) is 25.2 Å². The Balaban J connectivity index is 1.64. The Kier molecular flexibility index (Phi) is 13.3. The van der Waals surface area contributed by atoms with Crippen molar-refractivity contribution in [3.63, 3.8) is 0 Å². The Morgan fingerprint density at radius 1 is 0.607 bits per heavy atom. The summed E-state index contributed by atoms with van der Waals surface area (Å²) in [6, 6.07) is 28.1. The topological polar surface area (TPSA) is 90.9 Å². The molecule has 15 heteroatoms. The molecule has 7 rings (SSSR count). The van der Waals surface area contributed by atoms with E-state index in [1.807, 2.05) is 0 Å². The molecule has 1 saturated heterocycles. The normalized spacial score (nSPS) is 13.8. The van der Waals surface area contributed by atoms with Crippen molar-refractivity contribution in [1.82, 2.24) is 0 Å². The van der Waals surface area contributed by atoms with Crippen LogP contribution in [0, 0.1) is 29.1 Å². The van der Waals surface area contributed by atoms with Crippen LogP contribution in [0.4, 0.5) is 22.0 Å². The third-order valence-electron chi connectivity index (χ3n) is 9.97. The molecular weight excluding hydrogens is 822 g/mol. The molecule has 0 aromatic heterocycles. The second kappa shape index (κ2) is 18.8. The van der Waals surface area contributed by atoms with Crippen LogP contribution in [0.2, 0.25) is 0 Å². The number of rotatable bonds is 16. The minimum Gasteiger partial charge on any atom is -0.496 e. The number of halogens is 5. The first-order chi connectivity index (χ1) is 29.5. The highest BCUT2D eigenvalue weighted by Crippen LogP contribution is 2.51. The van der Waals surface area contributed by atoms with Gasteiger partial charge in [-0.15, -0.1) is 0 Å². The number of hydrogen-bond acceptors (Lipinski definition) is 9. The van der Waals surface area contributed by atoms with E-state index in [1.54, 1.807) is 97.9 Å². The average Bonchev–Trinajstić information content (AvgIpc) is 3.72. The van der Waals surface area contributed by atoms with E-state index in [-0.39, 0.29) is 76.4 Å². The predicted octanol–water partition coefficient (Wildman–Crippen LogP) is 10.5. The molecule has 0 bridgehead atoms. The Morgan fingerprint density at radius 3 is 1.59 bits per heavy atom. The minimum absolute atomic E-state index is 0.0158. The third-order valence-corrected chi connectivity index (χ3v) is 11.9. The van der Waals surface area contributed by atoms with Gasteiger partial charge in [0.25, 0.3) is 0 Å². The van der Waals surface area contributed by atoms with Crippen molar-refractivity contribution in [2.45, 2.75) is 25.6 Å². The Hall–Kier alpha value is -5.92. The molecule has 1 heterocycles. The fourth-order valence-electron chi connectivity index (χ4n) is 7.13. The first-order valence-corrected chi connectivity index (χ1v) is 20.4. The van der Waals surface area contributed by atoms with E-state index in [0.29, 0.717) is 11.5 Å². The molecule has 1 unspecified atom stereocenters. The maximum atomic E-state index is 16.6. The third kappa shape index (κ3) is 8.80. The molecule has 0 aliphatic carbocycles. The molecule has 61 heavy (non-hydrogen) atoms. The van der Waals surface area contributed by atoms with E-state index in [4.69, 9.17) is 37.9 Å². The maximum absolute atomic E-state index is 16.6. The van der Waals surface area contributed by atoms with Crippen molar-refractivity contribution in [3.05, 3.63) is 138 Å². The van der Waals surface area contributed by atoms with Gasteiger partial charge < -0.3 is 42.5 Å². The van der Waals surface area contributed by atoms with E-state index >= 15 is 22.1 Å². The zero-order valence-electron chi connectivity index (χ0n) is 33.4. The quantitative estimate of drug-likeness (QED) is 0.0310. The fourth-order valence-corrected chi connectivity index (χ4v) is 9.05. The standard InChI is InChI=1S/C46H40F5O9P/c1-46(57-23-24-58-46)22-21-27-25-30(35-31(54-3)17-11-18-32(35)55-4)43(56-26-53-2)37(36-38(47)40(49)42(51)41(50)39(36)48)44(27)61(52)45-33(59-28-13-7-5-8-14-28)19-12-20-34(45)60-29-15-9-6-10-16-29/h5-20,25,61H,21-24,26H2,1-4H3. The molecule has 1 fully saturated rings. The van der Waals surface area contributed by atoms with Gasteiger partial charge in [-0.1, -0.05) is 48.5 Å². The van der Waals surface area contributed by atoms with Gasteiger partial charge in [0.2, 0.25) is 5.82 Å². The molecule has 1 atom stereocenters. The lowest BCUT2D eigenvalue weighted by Gasteiger charge is -2.27. The van der Waals surface area contributed by atoms with Crippen molar-refractivity contribution in [1.29, 1.82) is 0 Å². The molecule has 0 saturated carbocycles. The first kappa shape index (κ1) is 43.2. The van der Waals surface area contributed by atoms with Crippen molar-refractivity contribution in [2.24, 2.45) is 0 Å². The van der Waals surface area contributed by atoms with E-state index < -0.39 is 66.3 Å². The largest absolute Gasteiger partial charge is 0.496 e. The van der Waals surface area contributed by atoms with Gasteiger partial charge in [0.15, 0.2) is 35.8 Å². The van der Waals surface area contributed by atoms with E-state index in [0.717, 1.165) is 0 Å². The highest BCUT2D eigenvalue weighted by molar-refractivity contribution is 7.62. The van der Waals surface area contributed by atoms with Gasteiger partial charge in [0.1, 0.15) is 48.0 Å². The van der Waals surface area contributed by atoms with Crippen molar-refractivity contribution in [3.8, 4) is 62.5 Å². The number of ether oxygens (including phenoxy) is 8. The van der Waals surface area contributed by atoms with Crippen LogP contribution in [0.1, 0.15) is 18.9 Å². The van der Waals surface area contributed by atoms with Crippen LogP contribution in [0.25, 0.3) is 22.3 Å². The van der Waals surface area contributed by atoms with E-state index in [1.165, 1.54) is 33.5 Å². The zero-order valence-corrected chi connectivity index (χ0v) is 34.4. The highest BCUT2D eigenvalue weighted by Gasteiger charge is 2.38. The van der Waals surface area contributed by atoms with Gasteiger partial charge in [-0.3, -0.25) is 0 Å². The molecule has 0 N–H and O–H groups in total. The van der Waals surface area contributed by atoms with Crippen LogP contribution in [0.3, 0.4) is 0 Å². The molecule has 0 spiro atoms. The molecule has 1 aliphatic rings. The molecule has 318 valence electrons. The Bertz CT molecular complexity index is 2440.